The van der Waals surface area contributed by atoms with Gasteiger partial charge in [-0.1, -0.05) is 5.16 Å². The lowest BCUT2D eigenvalue weighted by Crippen LogP contribution is -2.48. The molecule has 25 heavy (non-hydrogen) atoms. The fourth-order valence-electron chi connectivity index (χ4n) is 4.18. The molecule has 3 fully saturated rings. The van der Waals surface area contributed by atoms with E-state index in [9.17, 15) is 4.79 Å². The van der Waals surface area contributed by atoms with Crippen LogP contribution in [0.25, 0.3) is 0 Å². The Hall–Kier alpha value is -1.44. The van der Waals surface area contributed by atoms with Crippen LogP contribution in [0.5, 0.6) is 0 Å². The second-order valence-electron chi connectivity index (χ2n) is 7.47. The van der Waals surface area contributed by atoms with Crippen molar-refractivity contribution in [2.24, 2.45) is 0 Å². The number of aromatic nitrogens is 1. The third-order valence-corrected chi connectivity index (χ3v) is 5.68. The first-order valence-corrected chi connectivity index (χ1v) is 9.32. The van der Waals surface area contributed by atoms with E-state index in [1.165, 1.54) is 0 Å². The molecule has 1 spiro atoms. The van der Waals surface area contributed by atoms with E-state index in [1.807, 2.05) is 17.9 Å². The van der Waals surface area contributed by atoms with Crippen molar-refractivity contribution in [3.05, 3.63) is 17.5 Å². The van der Waals surface area contributed by atoms with Gasteiger partial charge in [-0.15, -0.1) is 0 Å². The minimum absolute atomic E-state index is 0.108. The van der Waals surface area contributed by atoms with E-state index in [4.69, 9.17) is 14.0 Å². The average molecular weight is 349 g/mol. The van der Waals surface area contributed by atoms with Crippen molar-refractivity contribution in [1.29, 1.82) is 0 Å². The minimum atomic E-state index is -0.261. The van der Waals surface area contributed by atoms with Crippen LogP contribution in [-0.4, -0.2) is 72.0 Å². The van der Waals surface area contributed by atoms with Gasteiger partial charge in [0.05, 0.1) is 24.5 Å². The molecule has 7 nitrogen and oxygen atoms in total. The van der Waals surface area contributed by atoms with Gasteiger partial charge in [-0.25, -0.2) is 0 Å². The van der Waals surface area contributed by atoms with Crippen LogP contribution in [0.15, 0.2) is 10.6 Å². The summed E-state index contributed by atoms with van der Waals surface area (Å²) in [6, 6.07) is 1.99. The molecular weight excluding hydrogens is 322 g/mol. The Balaban J connectivity index is 1.29. The van der Waals surface area contributed by atoms with E-state index in [0.717, 1.165) is 56.8 Å². The van der Waals surface area contributed by atoms with Crippen LogP contribution in [0.2, 0.25) is 0 Å². The van der Waals surface area contributed by atoms with Gasteiger partial charge >= 0.3 is 0 Å². The van der Waals surface area contributed by atoms with Crippen LogP contribution >= 0.6 is 0 Å². The van der Waals surface area contributed by atoms with E-state index in [1.54, 1.807) is 0 Å². The van der Waals surface area contributed by atoms with Crippen molar-refractivity contribution in [3.8, 4) is 0 Å². The smallest absolute Gasteiger partial charge is 0.251 e. The number of ether oxygens (including phenoxy) is 2. The van der Waals surface area contributed by atoms with E-state index in [-0.39, 0.29) is 17.6 Å². The molecule has 0 aromatic carbocycles. The molecule has 0 saturated carbocycles. The SMILES string of the molecule is Cc1cc(CN2CCC3(CCC(C(=O)N4CCOCC4)O3)CC2)no1. The minimum Gasteiger partial charge on any atom is -0.378 e. The maximum absolute atomic E-state index is 12.7. The van der Waals surface area contributed by atoms with Crippen LogP contribution < -0.4 is 0 Å². The van der Waals surface area contributed by atoms with Gasteiger partial charge in [-0.05, 0) is 32.6 Å². The van der Waals surface area contributed by atoms with Gasteiger partial charge in [0.25, 0.3) is 5.91 Å². The number of carbonyl (C=O) groups is 1. The predicted octanol–water partition coefficient (Wildman–Crippen LogP) is 1.36. The highest BCUT2D eigenvalue weighted by molar-refractivity contribution is 5.81. The first kappa shape index (κ1) is 17.0. The largest absolute Gasteiger partial charge is 0.378 e. The lowest BCUT2D eigenvalue weighted by atomic mass is 9.88. The Morgan fingerprint density at radius 3 is 2.68 bits per heavy atom. The summed E-state index contributed by atoms with van der Waals surface area (Å²) in [5.74, 6) is 1.01. The molecule has 1 unspecified atom stereocenters. The number of rotatable bonds is 3. The molecule has 0 N–H and O–H groups in total. The second-order valence-corrected chi connectivity index (χ2v) is 7.47. The number of likely N-dealkylation sites (tertiary alicyclic amines) is 1. The highest BCUT2D eigenvalue weighted by Crippen LogP contribution is 2.39. The molecule has 0 radical (unpaired) electrons. The molecular formula is C18H27N3O4. The summed E-state index contributed by atoms with van der Waals surface area (Å²) in [7, 11) is 0. The van der Waals surface area contributed by atoms with E-state index in [2.05, 4.69) is 10.1 Å². The zero-order valence-corrected chi connectivity index (χ0v) is 14.9. The molecule has 1 aromatic rings. The Bertz CT molecular complexity index is 603. The summed E-state index contributed by atoms with van der Waals surface area (Å²) in [4.78, 5) is 16.9. The Kier molecular flexibility index (Phi) is 4.80. The number of nitrogens with zero attached hydrogens (tertiary/aromatic N) is 3. The standard InChI is InChI=1S/C18H27N3O4/c1-14-12-15(19-25-14)13-20-6-4-18(5-7-20)3-2-16(24-18)17(22)21-8-10-23-11-9-21/h12,16H,2-11,13H2,1H3. The summed E-state index contributed by atoms with van der Waals surface area (Å²) < 4.78 is 16.8. The molecule has 4 heterocycles. The second kappa shape index (κ2) is 7.05. The topological polar surface area (TPSA) is 68.0 Å². The van der Waals surface area contributed by atoms with Crippen LogP contribution in [-0.2, 0) is 20.8 Å². The van der Waals surface area contributed by atoms with Crippen molar-refractivity contribution >= 4 is 5.91 Å². The first-order valence-electron chi connectivity index (χ1n) is 9.32. The lowest BCUT2D eigenvalue weighted by molar-refractivity contribution is -0.154. The molecule has 3 aliphatic heterocycles. The summed E-state index contributed by atoms with van der Waals surface area (Å²) in [5.41, 5.74) is 0.879. The fourth-order valence-corrected chi connectivity index (χ4v) is 4.18. The highest BCUT2D eigenvalue weighted by atomic mass is 16.5. The number of carbonyl (C=O) groups excluding carboxylic acids is 1. The maximum atomic E-state index is 12.7. The molecule has 1 amide bonds. The van der Waals surface area contributed by atoms with Gasteiger partial charge < -0.3 is 18.9 Å². The predicted molar refractivity (Wildman–Crippen MR) is 90.0 cm³/mol. The number of morpholine rings is 1. The van der Waals surface area contributed by atoms with Crippen molar-refractivity contribution in [2.45, 2.75) is 50.9 Å². The molecule has 3 aliphatic rings. The molecule has 1 atom stereocenters. The van der Waals surface area contributed by atoms with Gasteiger partial charge in [-0.3, -0.25) is 9.69 Å². The number of piperidine rings is 1. The van der Waals surface area contributed by atoms with Crippen molar-refractivity contribution in [1.82, 2.24) is 15.0 Å². The van der Waals surface area contributed by atoms with Gasteiger partial charge in [0.1, 0.15) is 11.9 Å². The van der Waals surface area contributed by atoms with Crippen LogP contribution in [0, 0.1) is 6.92 Å². The summed E-state index contributed by atoms with van der Waals surface area (Å²) in [6.45, 7) is 7.35. The van der Waals surface area contributed by atoms with Gasteiger partial charge in [0.2, 0.25) is 0 Å². The zero-order valence-electron chi connectivity index (χ0n) is 14.9. The Labute approximate surface area is 148 Å². The first-order chi connectivity index (χ1) is 12.1. The Morgan fingerprint density at radius 1 is 1.24 bits per heavy atom. The van der Waals surface area contributed by atoms with Crippen molar-refractivity contribution < 1.29 is 18.8 Å². The average Bonchev–Trinajstić information content (AvgIpc) is 3.24. The van der Waals surface area contributed by atoms with Crippen LogP contribution in [0.4, 0.5) is 0 Å². The molecule has 3 saturated heterocycles. The number of aryl methyl sites for hydroxylation is 1. The van der Waals surface area contributed by atoms with Crippen LogP contribution in [0.1, 0.15) is 37.1 Å². The van der Waals surface area contributed by atoms with E-state index in [0.29, 0.717) is 26.3 Å². The third kappa shape index (κ3) is 3.73. The van der Waals surface area contributed by atoms with Crippen molar-refractivity contribution in [2.75, 3.05) is 39.4 Å². The molecule has 0 bridgehead atoms. The lowest BCUT2D eigenvalue weighted by Gasteiger charge is -2.39. The quantitative estimate of drug-likeness (QED) is 0.821. The molecule has 7 heteroatoms. The summed E-state index contributed by atoms with van der Waals surface area (Å²) in [5, 5.41) is 4.08. The van der Waals surface area contributed by atoms with E-state index < -0.39 is 0 Å². The van der Waals surface area contributed by atoms with Crippen molar-refractivity contribution in [3.63, 3.8) is 0 Å². The van der Waals surface area contributed by atoms with Gasteiger partial charge in [0.15, 0.2) is 0 Å². The number of amides is 1. The molecule has 1 aromatic heterocycles. The summed E-state index contributed by atoms with van der Waals surface area (Å²) in [6.07, 6.45) is 3.54. The number of hydrogen-bond acceptors (Lipinski definition) is 6. The Morgan fingerprint density at radius 2 is 2.00 bits per heavy atom. The van der Waals surface area contributed by atoms with Crippen LogP contribution in [0.3, 0.4) is 0 Å². The third-order valence-electron chi connectivity index (χ3n) is 5.68. The zero-order chi connectivity index (χ0) is 17.3. The molecule has 4 rings (SSSR count). The molecule has 0 aliphatic carbocycles. The monoisotopic (exact) mass is 349 g/mol. The highest BCUT2D eigenvalue weighted by Gasteiger charge is 2.45. The van der Waals surface area contributed by atoms with E-state index >= 15 is 0 Å². The van der Waals surface area contributed by atoms with Gasteiger partial charge in [0, 0.05) is 38.8 Å². The normalized spacial score (nSPS) is 27.1. The molecule has 138 valence electrons. The van der Waals surface area contributed by atoms with Gasteiger partial charge in [-0.2, -0.15) is 0 Å². The maximum Gasteiger partial charge on any atom is 0.251 e. The summed E-state index contributed by atoms with van der Waals surface area (Å²) >= 11 is 0. The fraction of sp³-hybridized carbons (Fsp3) is 0.778. The number of hydrogen-bond donors (Lipinski definition) is 0.